The average molecular weight is 943 g/mol. The van der Waals surface area contributed by atoms with Gasteiger partial charge in [-0.3, -0.25) is 4.79 Å². The van der Waals surface area contributed by atoms with Crippen molar-refractivity contribution in [1.29, 1.82) is 0 Å². The number of carboxylic acids is 1. The monoisotopic (exact) mass is 942 g/mol. The van der Waals surface area contributed by atoms with Crippen molar-refractivity contribution in [2.45, 2.75) is 204 Å². The molecule has 0 aromatic heterocycles. The maximum Gasteiger partial charge on any atom is 0.335 e. The Kier molecular flexibility index (Phi) is 13.3. The van der Waals surface area contributed by atoms with Gasteiger partial charge in [0, 0.05) is 5.92 Å². The molecule has 19 nitrogen and oxygen atoms in total. The molecule has 2 unspecified atom stereocenters. The Hall–Kier alpha value is -1.92. The number of hydrogen-bond acceptors (Lipinski definition) is 18. The highest BCUT2D eigenvalue weighted by Gasteiger charge is 2.72. The SMILES string of the molecule is C[C@@H]1CC[C@]2(C(=O)O[C@@H]3O[C@H](CO)[C@@H](O)[C@H](O)[C@H]3O)CC[C@]3(C)C(=CCC4[C@@]5(C)CC[C@H](O[C@@H]6O[C@H](C(=O)O)[C@@H](O)[C@H](O)[C@H]6O[C@@H]6OC[C@H](O)[C@H](O)[C@H]6O)C(C)(C)C5CC[C@]43C)[C@@H]2[C@]1(C)O. The third-order valence-corrected chi connectivity index (χ3v) is 19.3. The van der Waals surface area contributed by atoms with Gasteiger partial charge in [-0.25, -0.2) is 4.79 Å². The highest BCUT2D eigenvalue weighted by atomic mass is 16.8. The van der Waals surface area contributed by atoms with Crippen LogP contribution >= 0.6 is 0 Å². The van der Waals surface area contributed by atoms with Gasteiger partial charge in [0.2, 0.25) is 6.29 Å². The maximum atomic E-state index is 14.7. The first-order valence-corrected chi connectivity index (χ1v) is 23.9. The Morgan fingerprint density at radius 1 is 0.727 bits per heavy atom. The molecule has 3 heterocycles. The molecule has 3 aliphatic heterocycles. The van der Waals surface area contributed by atoms with E-state index in [2.05, 4.69) is 40.7 Å². The second kappa shape index (κ2) is 17.4. The first-order valence-electron chi connectivity index (χ1n) is 23.9. The Morgan fingerprint density at radius 2 is 1.41 bits per heavy atom. The smallest absolute Gasteiger partial charge is 0.335 e. The molecule has 376 valence electrons. The summed E-state index contributed by atoms with van der Waals surface area (Å²) < 4.78 is 35.4. The van der Waals surface area contributed by atoms with Gasteiger partial charge in [0.15, 0.2) is 18.7 Å². The Morgan fingerprint density at radius 3 is 2.08 bits per heavy atom. The van der Waals surface area contributed by atoms with Crippen LogP contribution in [0.4, 0.5) is 0 Å². The van der Waals surface area contributed by atoms with Crippen LogP contribution < -0.4 is 0 Å². The molecule has 7 fully saturated rings. The van der Waals surface area contributed by atoms with Crippen LogP contribution in [0.1, 0.15) is 106 Å². The van der Waals surface area contributed by atoms with Crippen LogP contribution in [0.25, 0.3) is 0 Å². The molecule has 3 saturated heterocycles. The van der Waals surface area contributed by atoms with Gasteiger partial charge < -0.3 is 84.6 Å². The van der Waals surface area contributed by atoms with Crippen LogP contribution in [0.5, 0.6) is 0 Å². The molecule has 19 heteroatoms. The molecule has 4 saturated carbocycles. The van der Waals surface area contributed by atoms with Crippen molar-refractivity contribution in [3.05, 3.63) is 11.6 Å². The summed E-state index contributed by atoms with van der Waals surface area (Å²) in [5, 5.41) is 117. The van der Waals surface area contributed by atoms with Gasteiger partial charge in [-0.05, 0) is 104 Å². The van der Waals surface area contributed by atoms with E-state index in [1.807, 2.05) is 6.92 Å². The average Bonchev–Trinajstić information content (AvgIpc) is 3.25. The van der Waals surface area contributed by atoms with E-state index >= 15 is 0 Å². The van der Waals surface area contributed by atoms with Crippen LogP contribution in [0, 0.1) is 50.7 Å². The minimum absolute atomic E-state index is 0.0586. The second-order valence-electron chi connectivity index (χ2n) is 22.7. The normalized spacial score (nSPS) is 54.7. The highest BCUT2D eigenvalue weighted by Crippen LogP contribution is 2.76. The van der Waals surface area contributed by atoms with Gasteiger partial charge in [-0.2, -0.15) is 0 Å². The van der Waals surface area contributed by atoms with E-state index in [1.54, 1.807) is 6.92 Å². The minimum Gasteiger partial charge on any atom is -0.479 e. The molecule has 11 N–H and O–H groups in total. The molecule has 0 bridgehead atoms. The predicted molar refractivity (Wildman–Crippen MR) is 226 cm³/mol. The number of carboxylic acid groups (broad SMARTS) is 1. The maximum absolute atomic E-state index is 14.7. The number of hydrogen-bond donors (Lipinski definition) is 11. The van der Waals surface area contributed by atoms with Gasteiger partial charge in [0.05, 0.1) is 30.3 Å². The predicted octanol–water partition coefficient (Wildman–Crippen LogP) is -0.157. The van der Waals surface area contributed by atoms with E-state index in [-0.39, 0.29) is 28.6 Å². The highest BCUT2D eigenvalue weighted by molar-refractivity contribution is 5.79. The van der Waals surface area contributed by atoms with E-state index < -0.39 is 145 Å². The molecular formula is C47H74O19. The van der Waals surface area contributed by atoms with E-state index in [0.29, 0.717) is 44.9 Å². The van der Waals surface area contributed by atoms with Gasteiger partial charge >= 0.3 is 11.9 Å². The molecule has 5 aliphatic carbocycles. The molecule has 0 radical (unpaired) electrons. The molecule has 0 aromatic carbocycles. The number of aliphatic carboxylic acids is 1. The summed E-state index contributed by atoms with van der Waals surface area (Å²) in [7, 11) is 0. The van der Waals surface area contributed by atoms with Crippen LogP contribution in [0.15, 0.2) is 11.6 Å². The summed E-state index contributed by atoms with van der Waals surface area (Å²) in [6.45, 7) is 13.9. The van der Waals surface area contributed by atoms with Crippen LogP contribution in [-0.4, -0.2) is 179 Å². The van der Waals surface area contributed by atoms with Crippen molar-refractivity contribution in [2.75, 3.05) is 13.2 Å². The van der Waals surface area contributed by atoms with Crippen molar-refractivity contribution in [3.8, 4) is 0 Å². The van der Waals surface area contributed by atoms with Crippen molar-refractivity contribution < 1.29 is 94.2 Å². The summed E-state index contributed by atoms with van der Waals surface area (Å²) in [5.41, 5.74) is -3.15. The number of rotatable bonds is 8. The van der Waals surface area contributed by atoms with Gasteiger partial charge in [0.25, 0.3) is 0 Å². The van der Waals surface area contributed by atoms with E-state index in [0.717, 1.165) is 18.4 Å². The van der Waals surface area contributed by atoms with Crippen molar-refractivity contribution >= 4 is 11.9 Å². The second-order valence-corrected chi connectivity index (χ2v) is 22.7. The lowest BCUT2D eigenvalue weighted by Crippen LogP contribution is -2.68. The summed E-state index contributed by atoms with van der Waals surface area (Å²) in [6.07, 6.45) is -16.2. The molecule has 8 rings (SSSR count). The van der Waals surface area contributed by atoms with Gasteiger partial charge in [0.1, 0.15) is 61.0 Å². The van der Waals surface area contributed by atoms with Crippen LogP contribution in [-0.2, 0) is 38.0 Å². The number of aliphatic hydroxyl groups is 10. The van der Waals surface area contributed by atoms with E-state index in [4.69, 9.17) is 28.4 Å². The first kappa shape index (κ1) is 50.5. The summed E-state index contributed by atoms with van der Waals surface area (Å²) in [5.74, 6) is -2.84. The molecule has 0 amide bonds. The Bertz CT molecular complexity index is 1860. The van der Waals surface area contributed by atoms with E-state index in [9.17, 15) is 65.8 Å². The molecule has 66 heavy (non-hydrogen) atoms. The number of fused-ring (bicyclic) bond motifs is 7. The number of aliphatic hydroxyl groups excluding tert-OH is 9. The minimum atomic E-state index is -1.94. The number of ether oxygens (including phenoxy) is 6. The molecule has 0 aromatic rings. The molecule has 24 atom stereocenters. The Labute approximate surface area is 385 Å². The number of carbonyl (C=O) groups excluding carboxylic acids is 1. The third kappa shape index (κ3) is 7.47. The lowest BCUT2D eigenvalue weighted by Gasteiger charge is -2.72. The van der Waals surface area contributed by atoms with Gasteiger partial charge in [-0.1, -0.05) is 53.2 Å². The lowest BCUT2D eigenvalue weighted by atomic mass is 9.33. The van der Waals surface area contributed by atoms with Crippen LogP contribution in [0.3, 0.4) is 0 Å². The molecule has 0 spiro atoms. The van der Waals surface area contributed by atoms with E-state index in [1.165, 1.54) is 0 Å². The largest absolute Gasteiger partial charge is 0.479 e. The first-order chi connectivity index (χ1) is 30.7. The van der Waals surface area contributed by atoms with Crippen LogP contribution in [0.2, 0.25) is 0 Å². The zero-order chi connectivity index (χ0) is 48.4. The molecule has 8 aliphatic rings. The zero-order valence-corrected chi connectivity index (χ0v) is 39.0. The summed E-state index contributed by atoms with van der Waals surface area (Å²) in [4.78, 5) is 27.0. The fourth-order valence-electron chi connectivity index (χ4n) is 15.0. The third-order valence-electron chi connectivity index (χ3n) is 19.3. The number of carbonyl (C=O) groups is 2. The standard InChI is InChI=1S/C47H74O19/c1-20-10-15-47(41(59)66-39-33(56)29(52)28(51)23(18-48)62-39)17-16-44(5)21(36(47)46(20,7)60)8-9-25-43(4)13-12-26(42(2,3)24(43)11-14-45(25,44)6)63-40-35(31(54)30(53)34(64-40)37(57)58)65-38-32(55)27(50)22(49)19-61-38/h8,20,22-36,38-40,48-56,60H,9-19H2,1-7H3,(H,57,58)/t20-,22+,23-,24?,25?,26+,27+,28-,29+,30+,31+,32-,33-,34+,35-,36-,38+,39+,40-,43+,44-,45-,46-,47+/m1/s1. The number of allylic oxidation sites excluding steroid dienone is 1. The van der Waals surface area contributed by atoms with Gasteiger partial charge in [-0.15, -0.1) is 0 Å². The number of esters is 1. The van der Waals surface area contributed by atoms with Crippen molar-refractivity contribution in [1.82, 2.24) is 0 Å². The summed E-state index contributed by atoms with van der Waals surface area (Å²) >= 11 is 0. The van der Waals surface area contributed by atoms with Crippen molar-refractivity contribution in [3.63, 3.8) is 0 Å². The zero-order valence-electron chi connectivity index (χ0n) is 39.0. The fourth-order valence-corrected chi connectivity index (χ4v) is 15.0. The fraction of sp³-hybridized carbons (Fsp3) is 0.915. The topological polar surface area (TPSA) is 312 Å². The quantitative estimate of drug-likeness (QED) is 0.0856. The molecular weight excluding hydrogens is 868 g/mol. The Balaban J connectivity index is 1.07. The summed E-state index contributed by atoms with van der Waals surface area (Å²) in [6, 6.07) is 0. The lowest BCUT2D eigenvalue weighted by molar-refractivity contribution is -0.366. The van der Waals surface area contributed by atoms with Crippen molar-refractivity contribution in [2.24, 2.45) is 50.7 Å².